The van der Waals surface area contributed by atoms with E-state index < -0.39 is 12.0 Å². The second-order valence-corrected chi connectivity index (χ2v) is 6.51. The van der Waals surface area contributed by atoms with Gasteiger partial charge in [0.1, 0.15) is 12.4 Å². The van der Waals surface area contributed by atoms with Crippen molar-refractivity contribution < 1.29 is 33.3 Å². The summed E-state index contributed by atoms with van der Waals surface area (Å²) in [6, 6.07) is 6.75. The van der Waals surface area contributed by atoms with Crippen LogP contribution in [0.1, 0.15) is 19.4 Å². The number of methoxy groups -OCH3 is 2. The molecule has 0 radical (unpaired) electrons. The van der Waals surface area contributed by atoms with E-state index in [9.17, 15) is 9.59 Å². The number of nitrogens with zero attached hydrogens (tertiary/aromatic N) is 1. The Kier molecular flexibility index (Phi) is 8.28. The lowest BCUT2D eigenvalue weighted by atomic mass is 10.0. The number of imide groups is 1. The summed E-state index contributed by atoms with van der Waals surface area (Å²) in [5, 5.41) is 0. The van der Waals surface area contributed by atoms with Gasteiger partial charge in [0.15, 0.2) is 12.6 Å². The molecule has 1 aliphatic heterocycles. The number of rotatable bonds is 10. The van der Waals surface area contributed by atoms with Gasteiger partial charge in [0.2, 0.25) is 0 Å². The van der Waals surface area contributed by atoms with E-state index in [-0.39, 0.29) is 31.1 Å². The van der Waals surface area contributed by atoms with Crippen LogP contribution in [-0.2, 0) is 23.7 Å². The van der Waals surface area contributed by atoms with Crippen LogP contribution in [0.5, 0.6) is 5.75 Å². The summed E-state index contributed by atoms with van der Waals surface area (Å²) < 4.78 is 26.0. The first-order chi connectivity index (χ1) is 13.5. The minimum absolute atomic E-state index is 0.00733. The number of carbonyl (C=O) groups excluding carboxylic acids is 2. The topological polar surface area (TPSA) is 83.5 Å². The molecule has 8 heteroatoms. The van der Waals surface area contributed by atoms with E-state index in [0.29, 0.717) is 19.0 Å². The van der Waals surface area contributed by atoms with Gasteiger partial charge in [0.05, 0.1) is 26.4 Å². The van der Waals surface area contributed by atoms with Crippen molar-refractivity contribution in [1.82, 2.24) is 4.90 Å². The van der Waals surface area contributed by atoms with E-state index in [1.807, 2.05) is 13.8 Å². The zero-order valence-corrected chi connectivity index (χ0v) is 16.7. The fraction of sp³-hybridized carbons (Fsp3) is 0.500. The predicted molar refractivity (Wildman–Crippen MR) is 102 cm³/mol. The summed E-state index contributed by atoms with van der Waals surface area (Å²) in [6.45, 7) is 4.60. The van der Waals surface area contributed by atoms with Gasteiger partial charge in [-0.1, -0.05) is 26.0 Å². The highest BCUT2D eigenvalue weighted by Crippen LogP contribution is 2.23. The Morgan fingerprint density at radius 2 is 1.96 bits per heavy atom. The van der Waals surface area contributed by atoms with Crippen molar-refractivity contribution in [2.24, 2.45) is 5.92 Å². The molecule has 8 nitrogen and oxygen atoms in total. The van der Waals surface area contributed by atoms with Crippen molar-refractivity contribution >= 4 is 18.1 Å². The van der Waals surface area contributed by atoms with Crippen molar-refractivity contribution in [3.05, 3.63) is 35.6 Å². The highest BCUT2D eigenvalue weighted by Gasteiger charge is 2.41. The Bertz CT molecular complexity index is 684. The number of hydrogen-bond donors (Lipinski definition) is 0. The summed E-state index contributed by atoms with van der Waals surface area (Å²) >= 11 is 0. The maximum Gasteiger partial charge on any atom is 0.417 e. The Hall–Kier alpha value is -2.58. The number of ether oxygens (including phenoxy) is 5. The summed E-state index contributed by atoms with van der Waals surface area (Å²) in [4.78, 5) is 26.3. The third-order valence-corrected chi connectivity index (χ3v) is 4.25. The molecule has 1 fully saturated rings. The van der Waals surface area contributed by atoms with Gasteiger partial charge < -0.3 is 23.7 Å². The third kappa shape index (κ3) is 5.71. The van der Waals surface area contributed by atoms with Crippen molar-refractivity contribution in [2.45, 2.75) is 19.9 Å². The van der Waals surface area contributed by atoms with Crippen LogP contribution in [-0.4, -0.2) is 63.8 Å². The van der Waals surface area contributed by atoms with Gasteiger partial charge in [-0.2, -0.15) is 0 Å². The van der Waals surface area contributed by atoms with Gasteiger partial charge in [0.25, 0.3) is 5.91 Å². The fourth-order valence-corrected chi connectivity index (χ4v) is 2.60. The molecule has 0 bridgehead atoms. The zero-order chi connectivity index (χ0) is 20.5. The molecule has 0 N–H and O–H groups in total. The molecule has 1 aromatic carbocycles. The first-order valence-corrected chi connectivity index (χ1v) is 9.03. The van der Waals surface area contributed by atoms with Crippen LogP contribution in [0.25, 0.3) is 6.08 Å². The Morgan fingerprint density at radius 3 is 2.57 bits per heavy atom. The van der Waals surface area contributed by atoms with Gasteiger partial charge in [-0.25, -0.2) is 9.69 Å². The second kappa shape index (κ2) is 10.7. The second-order valence-electron chi connectivity index (χ2n) is 6.51. The number of amides is 2. The van der Waals surface area contributed by atoms with Crippen LogP contribution >= 0.6 is 0 Å². The SMILES string of the molecule is COCCOCO/C(=C\c1ccc(OC)cc1)C(=O)N1C(=O)OC[C@@H]1C(C)C. The molecule has 28 heavy (non-hydrogen) atoms. The largest absolute Gasteiger partial charge is 0.497 e. The quantitative estimate of drug-likeness (QED) is 0.262. The van der Waals surface area contributed by atoms with Crippen molar-refractivity contribution in [1.29, 1.82) is 0 Å². The molecule has 1 saturated heterocycles. The van der Waals surface area contributed by atoms with Gasteiger partial charge in [-0.05, 0) is 29.7 Å². The molecule has 2 amide bonds. The molecule has 0 saturated carbocycles. The molecule has 0 aliphatic carbocycles. The van der Waals surface area contributed by atoms with Gasteiger partial charge in [-0.15, -0.1) is 0 Å². The minimum Gasteiger partial charge on any atom is -0.497 e. The summed E-state index contributed by atoms with van der Waals surface area (Å²) in [7, 11) is 3.14. The Balaban J connectivity index is 2.21. The maximum absolute atomic E-state index is 13.0. The zero-order valence-electron chi connectivity index (χ0n) is 16.7. The monoisotopic (exact) mass is 393 g/mol. The first kappa shape index (κ1) is 21.7. The molecule has 1 heterocycles. The lowest BCUT2D eigenvalue weighted by Gasteiger charge is -2.23. The third-order valence-electron chi connectivity index (χ3n) is 4.25. The average Bonchev–Trinajstić information content (AvgIpc) is 3.08. The van der Waals surface area contributed by atoms with E-state index >= 15 is 0 Å². The van der Waals surface area contributed by atoms with E-state index in [4.69, 9.17) is 23.7 Å². The molecule has 0 spiro atoms. The van der Waals surface area contributed by atoms with E-state index in [1.54, 1.807) is 44.6 Å². The van der Waals surface area contributed by atoms with E-state index in [2.05, 4.69) is 0 Å². The minimum atomic E-state index is -0.673. The predicted octanol–water partition coefficient (Wildman–Crippen LogP) is 2.68. The van der Waals surface area contributed by atoms with E-state index in [0.717, 1.165) is 10.5 Å². The normalized spacial score (nSPS) is 17.0. The first-order valence-electron chi connectivity index (χ1n) is 9.03. The summed E-state index contributed by atoms with van der Waals surface area (Å²) in [6.07, 6.45) is 0.887. The number of cyclic esters (lactones) is 1. The Labute approximate surface area is 164 Å². The molecule has 1 aromatic rings. The smallest absolute Gasteiger partial charge is 0.417 e. The van der Waals surface area contributed by atoms with Crippen LogP contribution < -0.4 is 4.74 Å². The van der Waals surface area contributed by atoms with Crippen LogP contribution in [0, 0.1) is 5.92 Å². The van der Waals surface area contributed by atoms with Crippen LogP contribution in [0.2, 0.25) is 0 Å². The van der Waals surface area contributed by atoms with Gasteiger partial charge >= 0.3 is 6.09 Å². The molecule has 2 rings (SSSR count). The molecular weight excluding hydrogens is 366 g/mol. The maximum atomic E-state index is 13.0. The molecule has 154 valence electrons. The lowest BCUT2D eigenvalue weighted by Crippen LogP contribution is -2.43. The molecule has 0 unspecified atom stereocenters. The van der Waals surface area contributed by atoms with Crippen LogP contribution in [0.3, 0.4) is 0 Å². The summed E-state index contributed by atoms with van der Waals surface area (Å²) in [5.41, 5.74) is 0.717. The van der Waals surface area contributed by atoms with Gasteiger partial charge in [0, 0.05) is 7.11 Å². The lowest BCUT2D eigenvalue weighted by molar-refractivity contribution is -0.132. The van der Waals surface area contributed by atoms with Gasteiger partial charge in [-0.3, -0.25) is 4.79 Å². The highest BCUT2D eigenvalue weighted by atomic mass is 16.7. The van der Waals surface area contributed by atoms with Crippen molar-refractivity contribution in [3.63, 3.8) is 0 Å². The van der Waals surface area contributed by atoms with Crippen molar-refractivity contribution in [3.8, 4) is 5.75 Å². The molecule has 0 aromatic heterocycles. The van der Waals surface area contributed by atoms with Crippen molar-refractivity contribution in [2.75, 3.05) is 40.8 Å². The van der Waals surface area contributed by atoms with E-state index in [1.165, 1.54) is 0 Å². The molecule has 1 aliphatic rings. The average molecular weight is 393 g/mol. The van der Waals surface area contributed by atoms with Crippen LogP contribution in [0.15, 0.2) is 30.0 Å². The Morgan fingerprint density at radius 1 is 1.25 bits per heavy atom. The number of carbonyl (C=O) groups is 2. The van der Waals surface area contributed by atoms with Crippen LogP contribution in [0.4, 0.5) is 4.79 Å². The fourth-order valence-electron chi connectivity index (χ4n) is 2.60. The highest BCUT2D eigenvalue weighted by molar-refractivity contribution is 6.04. The molecule has 1 atom stereocenters. The standard InChI is InChI=1S/C20H27NO7/c1-14(2)17-12-27-20(23)21(17)19(22)18(28-13-26-10-9-24-3)11-15-5-7-16(25-4)8-6-15/h5-8,11,14,17H,9-10,12-13H2,1-4H3/b18-11-/t17-/m1/s1. The molecular formula is C20H27NO7. The number of hydrogen-bond acceptors (Lipinski definition) is 7. The summed E-state index contributed by atoms with van der Waals surface area (Å²) in [5.74, 6) is 0.173. The number of benzene rings is 1.